The maximum Gasteiger partial charge on any atom is 0.449 e. The summed E-state index contributed by atoms with van der Waals surface area (Å²) in [5.74, 6) is 0. The first kappa shape index (κ1) is 10.9. The molecule has 5 heteroatoms. The SMILES string of the molecule is C[S+]([O-])NC(=O)OCc1ccccc1. The van der Waals surface area contributed by atoms with Crippen LogP contribution in [0.2, 0.25) is 0 Å². The van der Waals surface area contributed by atoms with Gasteiger partial charge in [-0.2, -0.15) is 0 Å². The summed E-state index contributed by atoms with van der Waals surface area (Å²) < 4.78 is 17.5. The van der Waals surface area contributed by atoms with Gasteiger partial charge < -0.3 is 9.29 Å². The molecule has 1 aromatic carbocycles. The average molecular weight is 213 g/mol. The van der Waals surface area contributed by atoms with Crippen LogP contribution in [0.5, 0.6) is 0 Å². The fourth-order valence-electron chi connectivity index (χ4n) is 0.870. The molecule has 1 rings (SSSR count). The average Bonchev–Trinajstić information content (AvgIpc) is 2.15. The van der Waals surface area contributed by atoms with E-state index in [0.717, 1.165) is 5.56 Å². The van der Waals surface area contributed by atoms with E-state index in [1.54, 1.807) is 0 Å². The molecule has 0 aliphatic carbocycles. The zero-order valence-electron chi connectivity index (χ0n) is 7.73. The topological polar surface area (TPSA) is 61.4 Å². The van der Waals surface area contributed by atoms with Crippen LogP contribution in [0.4, 0.5) is 4.79 Å². The highest BCUT2D eigenvalue weighted by molar-refractivity contribution is 7.89. The van der Waals surface area contributed by atoms with Crippen LogP contribution >= 0.6 is 0 Å². The van der Waals surface area contributed by atoms with E-state index in [2.05, 4.69) is 4.72 Å². The Balaban J connectivity index is 2.31. The van der Waals surface area contributed by atoms with E-state index in [0.29, 0.717) is 0 Å². The van der Waals surface area contributed by atoms with E-state index in [9.17, 15) is 9.35 Å². The first-order chi connectivity index (χ1) is 6.68. The van der Waals surface area contributed by atoms with Crippen molar-refractivity contribution in [3.05, 3.63) is 35.9 Å². The number of amides is 1. The van der Waals surface area contributed by atoms with Crippen LogP contribution < -0.4 is 4.72 Å². The number of hydrogen-bond acceptors (Lipinski definition) is 3. The lowest BCUT2D eigenvalue weighted by atomic mass is 10.2. The van der Waals surface area contributed by atoms with Gasteiger partial charge in [0.05, 0.1) is 11.4 Å². The Morgan fingerprint density at radius 3 is 2.71 bits per heavy atom. The first-order valence-electron chi connectivity index (χ1n) is 3.99. The molecule has 14 heavy (non-hydrogen) atoms. The van der Waals surface area contributed by atoms with E-state index in [1.165, 1.54) is 6.26 Å². The molecule has 0 fully saturated rings. The summed E-state index contributed by atoms with van der Waals surface area (Å²) >= 11 is -1.38. The van der Waals surface area contributed by atoms with Crippen LogP contribution in [0.1, 0.15) is 5.56 Å². The van der Waals surface area contributed by atoms with Gasteiger partial charge >= 0.3 is 6.09 Å². The normalized spacial score (nSPS) is 11.9. The van der Waals surface area contributed by atoms with Gasteiger partial charge in [-0.25, -0.2) is 4.79 Å². The van der Waals surface area contributed by atoms with E-state index in [1.807, 2.05) is 30.3 Å². The highest BCUT2D eigenvalue weighted by Crippen LogP contribution is 2.00. The number of benzene rings is 1. The zero-order chi connectivity index (χ0) is 10.4. The molecule has 0 bridgehead atoms. The summed E-state index contributed by atoms with van der Waals surface area (Å²) in [5.41, 5.74) is 0.893. The summed E-state index contributed by atoms with van der Waals surface area (Å²) in [6.07, 6.45) is 0.693. The second kappa shape index (κ2) is 5.51. The molecule has 0 aromatic heterocycles. The molecule has 0 aliphatic heterocycles. The number of carbonyl (C=O) groups excluding carboxylic acids is 1. The first-order valence-corrected chi connectivity index (χ1v) is 5.55. The minimum absolute atomic E-state index is 0.184. The number of rotatable bonds is 3. The minimum Gasteiger partial charge on any atom is -0.593 e. The number of hydrogen-bond donors (Lipinski definition) is 1. The summed E-state index contributed by atoms with van der Waals surface area (Å²) in [6, 6.07) is 9.28. The van der Waals surface area contributed by atoms with Crippen LogP contribution in [-0.2, 0) is 22.7 Å². The van der Waals surface area contributed by atoms with E-state index in [4.69, 9.17) is 4.74 Å². The molecule has 0 radical (unpaired) electrons. The predicted molar refractivity (Wildman–Crippen MR) is 53.8 cm³/mol. The lowest BCUT2D eigenvalue weighted by Gasteiger charge is -2.06. The maximum atomic E-state index is 10.9. The molecule has 4 nitrogen and oxygen atoms in total. The van der Waals surface area contributed by atoms with Crippen LogP contribution in [0.3, 0.4) is 0 Å². The Bertz CT molecular complexity index is 289. The Kier molecular flexibility index (Phi) is 4.28. The molecule has 76 valence electrons. The molecule has 1 atom stereocenters. The van der Waals surface area contributed by atoms with Crippen molar-refractivity contribution in [2.75, 3.05) is 6.26 Å². The van der Waals surface area contributed by atoms with Crippen LogP contribution in [0.15, 0.2) is 30.3 Å². The smallest absolute Gasteiger partial charge is 0.449 e. The Morgan fingerprint density at radius 2 is 2.14 bits per heavy atom. The summed E-state index contributed by atoms with van der Waals surface area (Å²) in [5, 5.41) is 0. The van der Waals surface area contributed by atoms with Gasteiger partial charge in [0.1, 0.15) is 12.9 Å². The van der Waals surface area contributed by atoms with Crippen molar-refractivity contribution in [2.45, 2.75) is 6.61 Å². The standard InChI is InChI=1S/C9H11NO3S/c1-14(12)10-9(11)13-7-8-5-3-2-4-6-8/h2-6H,7H2,1H3,(H,10,11). The van der Waals surface area contributed by atoms with E-state index < -0.39 is 17.5 Å². The van der Waals surface area contributed by atoms with Crippen molar-refractivity contribution in [1.82, 2.24) is 4.72 Å². The highest BCUT2D eigenvalue weighted by Gasteiger charge is 2.07. The second-order valence-corrected chi connectivity index (χ2v) is 3.73. The monoisotopic (exact) mass is 213 g/mol. The number of nitrogens with one attached hydrogen (secondary N) is 1. The largest absolute Gasteiger partial charge is 0.593 e. The highest BCUT2D eigenvalue weighted by atomic mass is 32.2. The fraction of sp³-hybridized carbons (Fsp3) is 0.222. The van der Waals surface area contributed by atoms with Crippen LogP contribution in [0, 0.1) is 0 Å². The lowest BCUT2D eigenvalue weighted by molar-refractivity contribution is 0.146. The molecule has 1 amide bonds. The van der Waals surface area contributed by atoms with Gasteiger partial charge in [0, 0.05) is 0 Å². The van der Waals surface area contributed by atoms with Gasteiger partial charge in [-0.1, -0.05) is 30.3 Å². The zero-order valence-corrected chi connectivity index (χ0v) is 8.54. The van der Waals surface area contributed by atoms with E-state index >= 15 is 0 Å². The summed E-state index contributed by atoms with van der Waals surface area (Å²) in [7, 11) is 0. The van der Waals surface area contributed by atoms with Gasteiger partial charge in [-0.05, 0) is 5.56 Å². The molecule has 1 unspecified atom stereocenters. The summed E-state index contributed by atoms with van der Waals surface area (Å²) in [6.45, 7) is 0.184. The Hall–Kier alpha value is -1.20. The molecule has 0 heterocycles. The van der Waals surface area contributed by atoms with Gasteiger partial charge in [0.25, 0.3) is 0 Å². The molecule has 0 saturated heterocycles. The molecular weight excluding hydrogens is 202 g/mol. The molecule has 1 aromatic rings. The fourth-order valence-corrected chi connectivity index (χ4v) is 1.16. The molecule has 0 aliphatic rings. The van der Waals surface area contributed by atoms with E-state index in [-0.39, 0.29) is 6.61 Å². The summed E-state index contributed by atoms with van der Waals surface area (Å²) in [4.78, 5) is 10.9. The van der Waals surface area contributed by atoms with Gasteiger partial charge in [0.2, 0.25) is 0 Å². The Morgan fingerprint density at radius 1 is 1.50 bits per heavy atom. The number of ether oxygens (including phenoxy) is 1. The third kappa shape index (κ3) is 4.15. The van der Waals surface area contributed by atoms with Crippen molar-refractivity contribution in [3.63, 3.8) is 0 Å². The van der Waals surface area contributed by atoms with Gasteiger partial charge in [-0.15, -0.1) is 4.72 Å². The molecular formula is C9H11NO3S. The van der Waals surface area contributed by atoms with Crippen molar-refractivity contribution >= 4 is 17.5 Å². The molecule has 0 spiro atoms. The number of carbonyl (C=O) groups is 1. The maximum absolute atomic E-state index is 10.9. The van der Waals surface area contributed by atoms with Crippen molar-refractivity contribution in [3.8, 4) is 0 Å². The van der Waals surface area contributed by atoms with Gasteiger partial charge in [0.15, 0.2) is 0 Å². The van der Waals surface area contributed by atoms with Crippen LogP contribution in [0.25, 0.3) is 0 Å². The lowest BCUT2D eigenvalue weighted by Crippen LogP contribution is -2.29. The quantitative estimate of drug-likeness (QED) is 0.767. The second-order valence-electron chi connectivity index (χ2n) is 2.62. The minimum atomic E-state index is -1.38. The van der Waals surface area contributed by atoms with Gasteiger partial charge in [-0.3, -0.25) is 0 Å². The molecule has 1 N–H and O–H groups in total. The van der Waals surface area contributed by atoms with Crippen LogP contribution in [-0.4, -0.2) is 16.9 Å². The third-order valence-corrected chi connectivity index (χ3v) is 1.89. The van der Waals surface area contributed by atoms with Crippen molar-refractivity contribution in [1.29, 1.82) is 0 Å². The Labute approximate surface area is 85.6 Å². The molecule has 0 saturated carbocycles. The predicted octanol–water partition coefficient (Wildman–Crippen LogP) is 1.21. The third-order valence-electron chi connectivity index (χ3n) is 1.44. The van der Waals surface area contributed by atoms with Crippen molar-refractivity contribution < 1.29 is 14.1 Å². The van der Waals surface area contributed by atoms with Crippen molar-refractivity contribution in [2.24, 2.45) is 0 Å².